The van der Waals surface area contributed by atoms with Crippen LogP contribution in [0.5, 0.6) is 0 Å². The first kappa shape index (κ1) is 20.9. The van der Waals surface area contributed by atoms with Gasteiger partial charge < -0.3 is 9.97 Å². The number of rotatable bonds is 2. The van der Waals surface area contributed by atoms with Gasteiger partial charge in [0.1, 0.15) is 29.8 Å². The van der Waals surface area contributed by atoms with E-state index in [9.17, 15) is 8.78 Å². The van der Waals surface area contributed by atoms with Crippen LogP contribution in [0.4, 0.5) is 8.78 Å². The van der Waals surface area contributed by atoms with E-state index >= 15 is 0 Å². The quantitative estimate of drug-likeness (QED) is 0.290. The van der Waals surface area contributed by atoms with Gasteiger partial charge >= 0.3 is 0 Å². The molecule has 6 nitrogen and oxygen atoms in total. The lowest BCUT2D eigenvalue weighted by Crippen LogP contribution is -1.83. The maximum absolute atomic E-state index is 13.7. The van der Waals surface area contributed by atoms with Crippen LogP contribution in [0.3, 0.4) is 0 Å². The van der Waals surface area contributed by atoms with Crippen LogP contribution in [0.2, 0.25) is 0 Å². The minimum atomic E-state index is -0.271. The van der Waals surface area contributed by atoms with Gasteiger partial charge in [-0.05, 0) is 46.3 Å². The molecule has 4 heterocycles. The summed E-state index contributed by atoms with van der Waals surface area (Å²) in [6, 6.07) is 15.1. The van der Waals surface area contributed by atoms with Crippen LogP contribution in [0.15, 0.2) is 84.1 Å². The molecule has 162 valence electrons. The fourth-order valence-corrected chi connectivity index (χ4v) is 4.08. The van der Waals surface area contributed by atoms with E-state index in [0.717, 1.165) is 26.5 Å². The molecule has 0 unspecified atom stereocenters. The lowest BCUT2D eigenvalue weighted by Gasteiger charge is -2.00. The fraction of sp³-hybridized carbons (Fsp3) is 0. The highest BCUT2D eigenvalue weighted by Gasteiger charge is 2.14. The topological polar surface area (TPSA) is 83.1 Å². The molecule has 4 aromatic heterocycles. The number of nitrogens with one attached hydrogen (secondary N) is 2. The van der Waals surface area contributed by atoms with Gasteiger partial charge in [-0.15, -0.1) is 0 Å². The lowest BCUT2D eigenvalue weighted by molar-refractivity contribution is 0.630. The Balaban J connectivity index is 0.000000139. The van der Waals surface area contributed by atoms with Crippen LogP contribution in [0.25, 0.3) is 44.6 Å². The molecule has 0 spiro atoms. The van der Waals surface area contributed by atoms with E-state index in [2.05, 4.69) is 45.8 Å². The summed E-state index contributed by atoms with van der Waals surface area (Å²) in [5.74, 6) is -0.519. The molecule has 0 fully saturated rings. The summed E-state index contributed by atoms with van der Waals surface area (Å²) >= 11 is 3.43. The minimum Gasteiger partial charge on any atom is -0.352 e. The monoisotopic (exact) mass is 504 g/mol. The largest absolute Gasteiger partial charge is 0.352 e. The van der Waals surface area contributed by atoms with Crippen LogP contribution in [-0.2, 0) is 0 Å². The minimum absolute atomic E-state index is 0.248. The Bertz CT molecular complexity index is 1540. The molecular formula is C24H15BrF2N6. The Kier molecular flexibility index (Phi) is 5.62. The Hall–Kier alpha value is -3.98. The first-order chi connectivity index (χ1) is 16.1. The van der Waals surface area contributed by atoms with Crippen molar-refractivity contribution in [1.29, 1.82) is 0 Å². The van der Waals surface area contributed by atoms with Crippen molar-refractivity contribution >= 4 is 38.0 Å². The molecule has 2 N–H and O–H groups in total. The summed E-state index contributed by atoms with van der Waals surface area (Å²) in [6.45, 7) is 0. The Labute approximate surface area is 194 Å². The van der Waals surface area contributed by atoms with E-state index in [1.165, 1.54) is 24.8 Å². The molecule has 0 radical (unpaired) electrons. The fourth-order valence-electron chi connectivity index (χ4n) is 3.45. The third-order valence-corrected chi connectivity index (χ3v) is 5.77. The normalized spacial score (nSPS) is 10.9. The van der Waals surface area contributed by atoms with Crippen molar-refractivity contribution in [3.8, 4) is 22.5 Å². The number of benzene rings is 2. The van der Waals surface area contributed by atoms with E-state index in [-0.39, 0.29) is 11.6 Å². The number of H-pyrrole nitrogens is 2. The highest BCUT2D eigenvalue weighted by Crippen LogP contribution is 2.34. The lowest BCUT2D eigenvalue weighted by atomic mass is 10.1. The Morgan fingerprint density at radius 3 is 2.03 bits per heavy atom. The molecule has 2 aromatic carbocycles. The smallest absolute Gasteiger partial charge is 0.132 e. The van der Waals surface area contributed by atoms with Crippen molar-refractivity contribution in [3.05, 3.63) is 95.8 Å². The van der Waals surface area contributed by atoms with E-state index in [0.29, 0.717) is 22.5 Å². The predicted octanol–water partition coefficient (Wildman–Crippen LogP) is 6.29. The SMILES string of the molecule is Fc1ccccc1-c1[nH]c2cncnc2c1Br.Fc1ccccc1-c1cc2ncncc2[nH]1. The average molecular weight is 505 g/mol. The van der Waals surface area contributed by atoms with Crippen molar-refractivity contribution in [1.82, 2.24) is 29.9 Å². The first-order valence-corrected chi connectivity index (χ1v) is 10.7. The number of nitrogens with zero attached hydrogens (tertiary/aromatic N) is 4. The summed E-state index contributed by atoms with van der Waals surface area (Å²) < 4.78 is 28.0. The standard InChI is InChI=1S/C12H7BrFN3.C12H8FN3/c13-10-11(7-3-1-2-4-8(7)14)17-9-5-15-6-16-12(9)10;13-9-4-2-1-3-8(9)10-5-11-12(16-10)6-14-7-15-11/h1-6,17H;1-7,16H. The van der Waals surface area contributed by atoms with Crippen molar-refractivity contribution in [3.63, 3.8) is 0 Å². The zero-order valence-corrected chi connectivity index (χ0v) is 18.5. The number of hydrogen-bond donors (Lipinski definition) is 2. The molecule has 9 heteroatoms. The molecule has 0 saturated heterocycles. The maximum Gasteiger partial charge on any atom is 0.132 e. The third-order valence-electron chi connectivity index (χ3n) is 5.00. The highest BCUT2D eigenvalue weighted by atomic mass is 79.9. The Morgan fingerprint density at radius 1 is 0.727 bits per heavy atom. The van der Waals surface area contributed by atoms with E-state index in [4.69, 9.17) is 0 Å². The van der Waals surface area contributed by atoms with Crippen LogP contribution in [0, 0.1) is 11.6 Å². The number of aromatic amines is 2. The molecule has 0 amide bonds. The molecule has 6 aromatic rings. The summed E-state index contributed by atoms with van der Waals surface area (Å²) in [7, 11) is 0. The molecule has 0 aliphatic carbocycles. The van der Waals surface area contributed by atoms with Crippen LogP contribution < -0.4 is 0 Å². The van der Waals surface area contributed by atoms with Gasteiger partial charge in [0.2, 0.25) is 0 Å². The number of fused-ring (bicyclic) bond motifs is 2. The van der Waals surface area contributed by atoms with Crippen LogP contribution >= 0.6 is 15.9 Å². The summed E-state index contributed by atoms with van der Waals surface area (Å²) in [5.41, 5.74) is 5.56. The molecule has 33 heavy (non-hydrogen) atoms. The van der Waals surface area contributed by atoms with Gasteiger partial charge in [0.25, 0.3) is 0 Å². The Morgan fingerprint density at radius 2 is 1.36 bits per heavy atom. The summed E-state index contributed by atoms with van der Waals surface area (Å²) in [4.78, 5) is 22.3. The molecule has 6 rings (SSSR count). The predicted molar refractivity (Wildman–Crippen MR) is 126 cm³/mol. The molecule has 0 atom stereocenters. The van der Waals surface area contributed by atoms with Crippen molar-refractivity contribution in [2.24, 2.45) is 0 Å². The van der Waals surface area contributed by atoms with Crippen LogP contribution in [-0.4, -0.2) is 29.9 Å². The van der Waals surface area contributed by atoms with E-state index in [1.807, 2.05) is 6.07 Å². The summed E-state index contributed by atoms with van der Waals surface area (Å²) in [5, 5.41) is 0. The maximum atomic E-state index is 13.7. The first-order valence-electron chi connectivity index (χ1n) is 9.87. The molecule has 0 aliphatic rings. The van der Waals surface area contributed by atoms with Gasteiger partial charge in [-0.2, -0.15) is 0 Å². The van der Waals surface area contributed by atoms with Gasteiger partial charge in [0.15, 0.2) is 0 Å². The van der Waals surface area contributed by atoms with E-state index < -0.39 is 0 Å². The van der Waals surface area contributed by atoms with Gasteiger partial charge in [-0.3, -0.25) is 0 Å². The average Bonchev–Trinajstić information content (AvgIpc) is 3.42. The molecule has 0 bridgehead atoms. The second-order valence-corrected chi connectivity index (χ2v) is 7.86. The summed E-state index contributed by atoms with van der Waals surface area (Å²) in [6.07, 6.45) is 6.28. The van der Waals surface area contributed by atoms with Crippen molar-refractivity contribution < 1.29 is 8.78 Å². The molecular weight excluding hydrogens is 490 g/mol. The van der Waals surface area contributed by atoms with Crippen molar-refractivity contribution in [2.75, 3.05) is 0 Å². The number of hydrogen-bond acceptors (Lipinski definition) is 4. The zero-order valence-electron chi connectivity index (χ0n) is 16.9. The van der Waals surface area contributed by atoms with Gasteiger partial charge in [-0.1, -0.05) is 24.3 Å². The number of aromatic nitrogens is 6. The third kappa shape index (κ3) is 4.10. The zero-order chi connectivity index (χ0) is 22.8. The van der Waals surface area contributed by atoms with Gasteiger partial charge in [0, 0.05) is 11.1 Å². The van der Waals surface area contributed by atoms with E-state index in [1.54, 1.807) is 48.8 Å². The second-order valence-electron chi connectivity index (χ2n) is 7.06. The van der Waals surface area contributed by atoms with Gasteiger partial charge in [-0.25, -0.2) is 28.7 Å². The van der Waals surface area contributed by atoms with Crippen LogP contribution in [0.1, 0.15) is 0 Å². The van der Waals surface area contributed by atoms with Crippen molar-refractivity contribution in [2.45, 2.75) is 0 Å². The molecule has 0 saturated carbocycles. The number of halogens is 3. The second kappa shape index (κ2) is 8.87. The molecule has 0 aliphatic heterocycles. The van der Waals surface area contributed by atoms with Gasteiger partial charge in [0.05, 0.1) is 44.8 Å². The highest BCUT2D eigenvalue weighted by molar-refractivity contribution is 9.10.